The van der Waals surface area contributed by atoms with E-state index in [-0.39, 0.29) is 5.41 Å². The van der Waals surface area contributed by atoms with Gasteiger partial charge >= 0.3 is 0 Å². The maximum atomic E-state index is 4.76. The zero-order chi connectivity index (χ0) is 13.3. The molecule has 0 N–H and O–H groups in total. The van der Waals surface area contributed by atoms with E-state index in [1.165, 1.54) is 5.56 Å². The molecule has 1 saturated heterocycles. The number of hydrogen-bond donors (Lipinski definition) is 0. The van der Waals surface area contributed by atoms with Gasteiger partial charge in [0.05, 0.1) is 16.1 Å². The molecule has 1 unspecified atom stereocenters. The highest BCUT2D eigenvalue weighted by molar-refractivity contribution is 8.20. The molecule has 0 aliphatic carbocycles. The topological polar surface area (TPSA) is 12.4 Å². The van der Waals surface area contributed by atoms with Crippen LogP contribution in [0.5, 0.6) is 0 Å². The molecular formula is C17H15NS. The molecule has 0 amide bonds. The predicted octanol–water partition coefficient (Wildman–Crippen LogP) is 4.94. The van der Waals surface area contributed by atoms with Crippen LogP contribution < -0.4 is 0 Å². The average molecular weight is 265 g/mol. The van der Waals surface area contributed by atoms with E-state index in [9.17, 15) is 0 Å². The molecule has 0 aromatic heterocycles. The van der Waals surface area contributed by atoms with Crippen molar-refractivity contribution in [1.29, 1.82) is 0 Å². The zero-order valence-corrected chi connectivity index (χ0v) is 11.7. The van der Waals surface area contributed by atoms with E-state index in [0.29, 0.717) is 0 Å². The average Bonchev–Trinajstić information content (AvgIpc) is 2.48. The molecule has 1 aliphatic heterocycles. The molecule has 1 aliphatic rings. The summed E-state index contributed by atoms with van der Waals surface area (Å²) in [5.41, 5.74) is 2.12. The van der Waals surface area contributed by atoms with Gasteiger partial charge in [-0.05, 0) is 24.6 Å². The summed E-state index contributed by atoms with van der Waals surface area (Å²) in [6, 6.07) is 20.5. The second-order valence-corrected chi connectivity index (χ2v) is 5.85. The summed E-state index contributed by atoms with van der Waals surface area (Å²) < 4.78 is 0. The zero-order valence-electron chi connectivity index (χ0n) is 10.8. The van der Waals surface area contributed by atoms with Crippen LogP contribution in [0.1, 0.15) is 12.5 Å². The molecule has 0 radical (unpaired) electrons. The Morgan fingerprint density at radius 3 is 2.11 bits per heavy atom. The number of thioether (sulfide) groups is 1. The van der Waals surface area contributed by atoms with Crippen LogP contribution in [0.25, 0.3) is 0 Å². The first kappa shape index (κ1) is 12.2. The number of hydrogen-bond acceptors (Lipinski definition) is 2. The van der Waals surface area contributed by atoms with Crippen LogP contribution in [-0.2, 0) is 5.41 Å². The normalized spacial score (nSPS) is 24.3. The van der Waals surface area contributed by atoms with E-state index in [0.717, 1.165) is 15.6 Å². The summed E-state index contributed by atoms with van der Waals surface area (Å²) in [4.78, 5) is 5.92. The molecule has 0 saturated carbocycles. The summed E-state index contributed by atoms with van der Waals surface area (Å²) in [6.45, 7) is 6.36. The van der Waals surface area contributed by atoms with E-state index in [1.54, 1.807) is 11.8 Å². The van der Waals surface area contributed by atoms with E-state index < -0.39 is 0 Å². The van der Waals surface area contributed by atoms with Gasteiger partial charge in [-0.2, -0.15) is 0 Å². The van der Waals surface area contributed by atoms with Gasteiger partial charge in [-0.25, -0.2) is 4.99 Å². The molecule has 1 heterocycles. The lowest BCUT2D eigenvalue weighted by Crippen LogP contribution is -2.40. The standard InChI is InChI=1S/C17H15NS/c1-13-17(2,14-9-5-3-6-10-14)16(19-13)18-15-11-7-4-8-12-15/h3-12H,1H2,2H3. The largest absolute Gasteiger partial charge is 0.245 e. The van der Waals surface area contributed by atoms with Crippen LogP contribution in [0.3, 0.4) is 0 Å². The second kappa shape index (κ2) is 4.71. The van der Waals surface area contributed by atoms with Crippen molar-refractivity contribution in [2.24, 2.45) is 4.99 Å². The third-order valence-electron chi connectivity index (χ3n) is 3.54. The number of aliphatic imine (C=N–C) groups is 1. The molecular weight excluding hydrogens is 250 g/mol. The van der Waals surface area contributed by atoms with Gasteiger partial charge in [-0.15, -0.1) is 0 Å². The van der Waals surface area contributed by atoms with E-state index in [1.807, 2.05) is 36.4 Å². The third kappa shape index (κ3) is 2.02. The Kier molecular flexibility index (Phi) is 3.03. The molecule has 3 rings (SSSR count). The van der Waals surface area contributed by atoms with Gasteiger partial charge in [0.2, 0.25) is 0 Å². The SMILES string of the molecule is C=C1SC(=Nc2ccccc2)C1(C)c1ccccc1. The first-order chi connectivity index (χ1) is 9.21. The van der Waals surface area contributed by atoms with E-state index >= 15 is 0 Å². The number of benzene rings is 2. The van der Waals surface area contributed by atoms with E-state index in [4.69, 9.17) is 4.99 Å². The third-order valence-corrected chi connectivity index (χ3v) is 4.89. The fourth-order valence-corrected chi connectivity index (χ4v) is 3.30. The second-order valence-electron chi connectivity index (χ2n) is 4.77. The first-order valence-electron chi connectivity index (χ1n) is 6.28. The Balaban J connectivity index is 2.01. The predicted molar refractivity (Wildman–Crippen MR) is 84.1 cm³/mol. The minimum atomic E-state index is -0.137. The molecule has 1 atom stereocenters. The molecule has 0 spiro atoms. The Hall–Kier alpha value is -1.80. The first-order valence-corrected chi connectivity index (χ1v) is 7.10. The number of allylic oxidation sites excluding steroid dienone is 1. The molecule has 1 nitrogen and oxygen atoms in total. The highest BCUT2D eigenvalue weighted by Gasteiger charge is 2.45. The summed E-state index contributed by atoms with van der Waals surface area (Å²) in [5, 5.41) is 1.12. The van der Waals surface area contributed by atoms with Crippen molar-refractivity contribution in [2.45, 2.75) is 12.3 Å². The van der Waals surface area contributed by atoms with Crippen molar-refractivity contribution in [3.63, 3.8) is 0 Å². The van der Waals surface area contributed by atoms with Crippen molar-refractivity contribution in [3.05, 3.63) is 77.7 Å². The monoisotopic (exact) mass is 265 g/mol. The lowest BCUT2D eigenvalue weighted by molar-refractivity contribution is 0.794. The van der Waals surface area contributed by atoms with Crippen molar-refractivity contribution in [3.8, 4) is 0 Å². The van der Waals surface area contributed by atoms with Crippen LogP contribution in [0.2, 0.25) is 0 Å². The van der Waals surface area contributed by atoms with Gasteiger partial charge in [0.15, 0.2) is 0 Å². The Labute approximate surface area is 118 Å². The summed E-state index contributed by atoms with van der Waals surface area (Å²) in [5.74, 6) is 0. The molecule has 94 valence electrons. The van der Waals surface area contributed by atoms with Gasteiger partial charge in [0.1, 0.15) is 0 Å². The number of rotatable bonds is 2. The molecule has 0 bridgehead atoms. The molecule has 2 heteroatoms. The summed E-state index contributed by atoms with van der Waals surface area (Å²) in [7, 11) is 0. The van der Waals surface area contributed by atoms with Crippen LogP contribution in [0, 0.1) is 0 Å². The van der Waals surface area contributed by atoms with Crippen LogP contribution >= 0.6 is 11.8 Å². The van der Waals surface area contributed by atoms with Crippen LogP contribution in [0.4, 0.5) is 5.69 Å². The molecule has 1 fully saturated rings. The van der Waals surface area contributed by atoms with Crippen LogP contribution in [0.15, 0.2) is 77.1 Å². The Bertz CT molecular complexity index is 631. The van der Waals surface area contributed by atoms with Gasteiger partial charge in [0, 0.05) is 4.91 Å². The van der Waals surface area contributed by atoms with Gasteiger partial charge in [-0.3, -0.25) is 0 Å². The van der Waals surface area contributed by atoms with Crippen molar-refractivity contribution >= 4 is 22.5 Å². The van der Waals surface area contributed by atoms with Gasteiger partial charge in [-0.1, -0.05) is 66.9 Å². The van der Waals surface area contributed by atoms with Crippen molar-refractivity contribution < 1.29 is 0 Å². The highest BCUT2D eigenvalue weighted by Crippen LogP contribution is 2.53. The Morgan fingerprint density at radius 1 is 0.947 bits per heavy atom. The lowest BCUT2D eigenvalue weighted by atomic mass is 9.82. The number of nitrogens with zero attached hydrogens (tertiary/aromatic N) is 1. The minimum Gasteiger partial charge on any atom is -0.245 e. The fraction of sp³-hybridized carbons (Fsp3) is 0.118. The van der Waals surface area contributed by atoms with Gasteiger partial charge < -0.3 is 0 Å². The number of para-hydroxylation sites is 1. The van der Waals surface area contributed by atoms with Crippen molar-refractivity contribution in [2.75, 3.05) is 0 Å². The highest BCUT2D eigenvalue weighted by atomic mass is 32.2. The molecule has 2 aromatic carbocycles. The smallest absolute Gasteiger partial charge is 0.0935 e. The lowest BCUT2D eigenvalue weighted by Gasteiger charge is -2.42. The molecule has 2 aromatic rings. The van der Waals surface area contributed by atoms with Gasteiger partial charge in [0.25, 0.3) is 0 Å². The summed E-state index contributed by atoms with van der Waals surface area (Å²) in [6.07, 6.45) is 0. The molecule has 19 heavy (non-hydrogen) atoms. The van der Waals surface area contributed by atoms with Crippen molar-refractivity contribution in [1.82, 2.24) is 0 Å². The maximum Gasteiger partial charge on any atom is 0.0935 e. The quantitative estimate of drug-likeness (QED) is 0.749. The minimum absolute atomic E-state index is 0.137. The summed E-state index contributed by atoms with van der Waals surface area (Å²) >= 11 is 1.68. The van der Waals surface area contributed by atoms with E-state index in [2.05, 4.69) is 37.8 Å². The Morgan fingerprint density at radius 2 is 1.53 bits per heavy atom. The fourth-order valence-electron chi connectivity index (χ4n) is 2.20. The maximum absolute atomic E-state index is 4.76. The van der Waals surface area contributed by atoms with Crippen LogP contribution in [-0.4, -0.2) is 5.04 Å².